The Hall–Kier alpha value is -0.340. The lowest BCUT2D eigenvalue weighted by molar-refractivity contribution is 0.213. The molecule has 2 heteroatoms. The topological polar surface area (TPSA) is 20.2 Å². The normalized spacial score (nSPS) is 13.0. The molecule has 17 heavy (non-hydrogen) atoms. The van der Waals surface area contributed by atoms with Crippen molar-refractivity contribution in [3.8, 4) is 0 Å². The Morgan fingerprint density at radius 1 is 1.18 bits per heavy atom. The van der Waals surface area contributed by atoms with Crippen LogP contribution >= 0.6 is 15.9 Å². The Balaban J connectivity index is 2.44. The van der Waals surface area contributed by atoms with Crippen LogP contribution in [0.25, 0.3) is 0 Å². The van der Waals surface area contributed by atoms with Crippen LogP contribution in [-0.4, -0.2) is 11.7 Å². The number of rotatable bonds is 7. The minimum atomic E-state index is 0.291. The molecule has 0 heterocycles. The maximum Gasteiger partial charge on any atom is 0.0462 e. The highest BCUT2D eigenvalue weighted by Gasteiger charge is 2.10. The van der Waals surface area contributed by atoms with Crippen molar-refractivity contribution in [2.75, 3.05) is 6.61 Å². The summed E-state index contributed by atoms with van der Waals surface area (Å²) in [6, 6.07) is 8.29. The summed E-state index contributed by atoms with van der Waals surface area (Å²) in [5.41, 5.74) is 1.30. The van der Waals surface area contributed by atoms with Crippen LogP contribution in [0.2, 0.25) is 0 Å². The summed E-state index contributed by atoms with van der Waals surface area (Å²) >= 11 is 3.56. The fourth-order valence-corrected chi connectivity index (χ4v) is 2.49. The number of hydrogen-bond acceptors (Lipinski definition) is 1. The molecule has 1 aromatic rings. The average molecular weight is 299 g/mol. The predicted molar refractivity (Wildman–Crippen MR) is 77.1 cm³/mol. The third-order valence-corrected chi connectivity index (χ3v) is 3.89. The van der Waals surface area contributed by atoms with Gasteiger partial charge in [0.15, 0.2) is 0 Å². The molecule has 0 amide bonds. The molecule has 0 spiro atoms. The molecule has 0 aliphatic heterocycles. The van der Waals surface area contributed by atoms with Gasteiger partial charge in [-0.1, -0.05) is 60.8 Å². The van der Waals surface area contributed by atoms with Crippen molar-refractivity contribution >= 4 is 15.9 Å². The van der Waals surface area contributed by atoms with E-state index in [1.54, 1.807) is 0 Å². The fraction of sp³-hybridized carbons (Fsp3) is 0.600. The van der Waals surface area contributed by atoms with Crippen LogP contribution in [-0.2, 0) is 6.42 Å². The standard InChI is InChI=1S/C15H23BrO/c1-12(2)6-5-7-13(11-17)10-14-8-3-4-9-15(14)16/h3-4,8-9,12-13,17H,5-7,10-11H2,1-2H3. The molecule has 0 aliphatic carbocycles. The average Bonchev–Trinajstić information content (AvgIpc) is 2.30. The molecule has 0 radical (unpaired) electrons. The van der Waals surface area contributed by atoms with Gasteiger partial charge in [0.2, 0.25) is 0 Å². The third kappa shape index (κ3) is 5.69. The van der Waals surface area contributed by atoms with Gasteiger partial charge in [-0.15, -0.1) is 0 Å². The zero-order chi connectivity index (χ0) is 12.7. The molecule has 0 aliphatic rings. The highest BCUT2D eigenvalue weighted by atomic mass is 79.9. The Bertz CT molecular complexity index is 322. The molecule has 0 saturated heterocycles. The summed E-state index contributed by atoms with van der Waals surface area (Å²) in [7, 11) is 0. The van der Waals surface area contributed by atoms with Gasteiger partial charge >= 0.3 is 0 Å². The smallest absolute Gasteiger partial charge is 0.0462 e. The molecule has 1 unspecified atom stereocenters. The molecule has 0 saturated carbocycles. The van der Waals surface area contributed by atoms with Gasteiger partial charge in [0.25, 0.3) is 0 Å². The second-order valence-corrected chi connectivity index (χ2v) is 6.02. The van der Waals surface area contributed by atoms with E-state index in [4.69, 9.17) is 0 Å². The van der Waals surface area contributed by atoms with Crippen LogP contribution in [0.3, 0.4) is 0 Å². The van der Waals surface area contributed by atoms with Gasteiger partial charge in [0.1, 0.15) is 0 Å². The molecule has 0 fully saturated rings. The van der Waals surface area contributed by atoms with Crippen molar-refractivity contribution in [2.24, 2.45) is 11.8 Å². The summed E-state index contributed by atoms with van der Waals surface area (Å²) in [5, 5.41) is 9.43. The van der Waals surface area contributed by atoms with Gasteiger partial charge in [-0.05, 0) is 36.3 Å². The molecule has 1 N–H and O–H groups in total. The molecule has 0 aromatic heterocycles. The Labute approximate surface area is 113 Å². The lowest BCUT2D eigenvalue weighted by atomic mass is 9.93. The molecule has 1 aromatic carbocycles. The highest BCUT2D eigenvalue weighted by molar-refractivity contribution is 9.10. The van der Waals surface area contributed by atoms with Crippen LogP contribution in [0.1, 0.15) is 38.7 Å². The number of hydrogen-bond donors (Lipinski definition) is 1. The van der Waals surface area contributed by atoms with Crippen molar-refractivity contribution in [1.82, 2.24) is 0 Å². The van der Waals surface area contributed by atoms with Crippen LogP contribution in [0.15, 0.2) is 28.7 Å². The van der Waals surface area contributed by atoms with E-state index in [1.165, 1.54) is 18.4 Å². The van der Waals surface area contributed by atoms with Gasteiger partial charge in [-0.3, -0.25) is 0 Å². The molecular formula is C15H23BrO. The van der Waals surface area contributed by atoms with Crippen LogP contribution in [0.4, 0.5) is 0 Å². The zero-order valence-electron chi connectivity index (χ0n) is 10.8. The van der Waals surface area contributed by atoms with E-state index < -0.39 is 0 Å². The molecule has 1 rings (SSSR count). The van der Waals surface area contributed by atoms with Gasteiger partial charge < -0.3 is 5.11 Å². The largest absolute Gasteiger partial charge is 0.396 e. The maximum atomic E-state index is 9.43. The lowest BCUT2D eigenvalue weighted by Gasteiger charge is -2.15. The first-order chi connectivity index (χ1) is 8.13. The minimum Gasteiger partial charge on any atom is -0.396 e. The van der Waals surface area contributed by atoms with Crippen molar-refractivity contribution in [1.29, 1.82) is 0 Å². The predicted octanol–water partition coefficient (Wildman–Crippen LogP) is 4.43. The van der Waals surface area contributed by atoms with E-state index in [-0.39, 0.29) is 0 Å². The SMILES string of the molecule is CC(C)CCCC(CO)Cc1ccccc1Br. The number of aliphatic hydroxyl groups excluding tert-OH is 1. The zero-order valence-corrected chi connectivity index (χ0v) is 12.4. The summed E-state index contributed by atoms with van der Waals surface area (Å²) < 4.78 is 1.15. The van der Waals surface area contributed by atoms with Crippen LogP contribution in [0, 0.1) is 11.8 Å². The van der Waals surface area contributed by atoms with E-state index in [2.05, 4.69) is 48.0 Å². The van der Waals surface area contributed by atoms with E-state index in [9.17, 15) is 5.11 Å². The minimum absolute atomic E-state index is 0.291. The van der Waals surface area contributed by atoms with E-state index >= 15 is 0 Å². The Morgan fingerprint density at radius 2 is 1.88 bits per heavy atom. The van der Waals surface area contributed by atoms with E-state index in [0.29, 0.717) is 12.5 Å². The van der Waals surface area contributed by atoms with Crippen molar-refractivity contribution < 1.29 is 5.11 Å². The third-order valence-electron chi connectivity index (χ3n) is 3.12. The summed E-state index contributed by atoms with van der Waals surface area (Å²) in [6.45, 7) is 4.79. The van der Waals surface area contributed by atoms with Crippen molar-refractivity contribution in [2.45, 2.75) is 39.5 Å². The van der Waals surface area contributed by atoms with Crippen molar-refractivity contribution in [3.05, 3.63) is 34.3 Å². The summed E-state index contributed by atoms with van der Waals surface area (Å²) in [5.74, 6) is 1.16. The number of aliphatic hydroxyl groups is 1. The molecule has 1 atom stereocenters. The maximum absolute atomic E-state index is 9.43. The van der Waals surface area contributed by atoms with Gasteiger partial charge in [0.05, 0.1) is 0 Å². The summed E-state index contributed by atoms with van der Waals surface area (Å²) in [4.78, 5) is 0. The molecule has 1 nitrogen and oxygen atoms in total. The first-order valence-electron chi connectivity index (χ1n) is 6.47. The molecular weight excluding hydrogens is 276 g/mol. The van der Waals surface area contributed by atoms with E-state index in [1.807, 2.05) is 6.07 Å². The van der Waals surface area contributed by atoms with E-state index in [0.717, 1.165) is 23.2 Å². The fourth-order valence-electron chi connectivity index (χ4n) is 2.05. The van der Waals surface area contributed by atoms with Crippen LogP contribution < -0.4 is 0 Å². The second-order valence-electron chi connectivity index (χ2n) is 5.17. The summed E-state index contributed by atoms with van der Waals surface area (Å²) in [6.07, 6.45) is 4.56. The lowest BCUT2D eigenvalue weighted by Crippen LogP contribution is -2.10. The quantitative estimate of drug-likeness (QED) is 0.790. The first-order valence-corrected chi connectivity index (χ1v) is 7.27. The highest BCUT2D eigenvalue weighted by Crippen LogP contribution is 2.22. The monoisotopic (exact) mass is 298 g/mol. The second kappa shape index (κ2) is 7.88. The molecule has 0 bridgehead atoms. The first kappa shape index (κ1) is 14.7. The van der Waals surface area contributed by atoms with Gasteiger partial charge in [-0.2, -0.15) is 0 Å². The van der Waals surface area contributed by atoms with Gasteiger partial charge in [0, 0.05) is 11.1 Å². The number of halogens is 1. The van der Waals surface area contributed by atoms with Crippen LogP contribution in [0.5, 0.6) is 0 Å². The van der Waals surface area contributed by atoms with Crippen molar-refractivity contribution in [3.63, 3.8) is 0 Å². The number of benzene rings is 1. The Morgan fingerprint density at radius 3 is 2.47 bits per heavy atom. The van der Waals surface area contributed by atoms with Gasteiger partial charge in [-0.25, -0.2) is 0 Å². The molecule has 96 valence electrons. The Kier molecular flexibility index (Phi) is 6.83.